The maximum absolute atomic E-state index is 9.42. The molecule has 0 aliphatic heterocycles. The third-order valence-electron chi connectivity index (χ3n) is 2.48. The summed E-state index contributed by atoms with van der Waals surface area (Å²) in [5.41, 5.74) is 1.11. The van der Waals surface area contributed by atoms with Gasteiger partial charge in [-0.1, -0.05) is 29.3 Å². The summed E-state index contributed by atoms with van der Waals surface area (Å²) in [6.45, 7) is 4.00. The molecule has 2 N–H and O–H groups in total. The van der Waals surface area contributed by atoms with Gasteiger partial charge in [0.15, 0.2) is 0 Å². The topological polar surface area (TPSA) is 32.3 Å². The number of nitrogens with one attached hydrogen (secondary N) is 1. The van der Waals surface area contributed by atoms with Crippen LogP contribution in [0.1, 0.15) is 33.1 Å². The second kappa shape index (κ2) is 6.92. The molecular weight excluding hydrogens is 266 g/mol. The summed E-state index contributed by atoms with van der Waals surface area (Å²) in [6.07, 6.45) is 2.76. The van der Waals surface area contributed by atoms with Gasteiger partial charge in [0, 0.05) is 16.2 Å². The maximum Gasteiger partial charge on any atom is 0.0531 e. The van der Waals surface area contributed by atoms with E-state index >= 15 is 0 Å². The normalized spacial score (nSPS) is 14.5. The Hall–Kier alpha value is -0.540. The van der Waals surface area contributed by atoms with E-state index in [1.54, 1.807) is 0 Å². The van der Waals surface area contributed by atoms with Gasteiger partial charge in [0.25, 0.3) is 0 Å². The molecule has 1 aromatic carbocycles. The third-order valence-corrected chi connectivity index (χ3v) is 3.01. The molecule has 3 heteroatoms. The molecule has 2 atom stereocenters. The van der Waals surface area contributed by atoms with Crippen LogP contribution < -0.4 is 5.32 Å². The molecule has 0 bridgehead atoms. The van der Waals surface area contributed by atoms with E-state index < -0.39 is 0 Å². The van der Waals surface area contributed by atoms with Gasteiger partial charge >= 0.3 is 0 Å². The molecule has 2 nitrogen and oxygen atoms in total. The highest BCUT2D eigenvalue weighted by Crippen LogP contribution is 2.17. The first-order chi connectivity index (χ1) is 7.61. The molecule has 2 unspecified atom stereocenters. The highest BCUT2D eigenvalue weighted by atomic mass is 79.9. The van der Waals surface area contributed by atoms with Crippen molar-refractivity contribution in [2.75, 3.05) is 5.32 Å². The van der Waals surface area contributed by atoms with Crippen LogP contribution in [-0.2, 0) is 0 Å². The zero-order chi connectivity index (χ0) is 12.0. The Morgan fingerprint density at radius 3 is 2.44 bits per heavy atom. The van der Waals surface area contributed by atoms with Gasteiger partial charge in [-0.3, -0.25) is 0 Å². The van der Waals surface area contributed by atoms with Crippen LogP contribution in [0, 0.1) is 0 Å². The highest BCUT2D eigenvalue weighted by molar-refractivity contribution is 9.10. The summed E-state index contributed by atoms with van der Waals surface area (Å²) in [6, 6.07) is 8.50. The number of halogens is 1. The van der Waals surface area contributed by atoms with E-state index in [1.807, 2.05) is 19.1 Å². The zero-order valence-electron chi connectivity index (χ0n) is 9.91. The standard InChI is InChI=1S/C13H20BrNO/c1-3-4-13(9-10(2)16)15-12-7-5-11(14)6-8-12/h5-8,10,13,15-16H,3-4,9H2,1-2H3. The lowest BCUT2D eigenvalue weighted by Gasteiger charge is -2.20. The number of rotatable bonds is 6. The van der Waals surface area contributed by atoms with Crippen molar-refractivity contribution in [3.63, 3.8) is 0 Å². The molecule has 0 aliphatic rings. The average Bonchev–Trinajstić information content (AvgIpc) is 2.21. The first-order valence-corrected chi connectivity index (χ1v) is 6.61. The largest absolute Gasteiger partial charge is 0.393 e. The van der Waals surface area contributed by atoms with E-state index in [0.717, 1.165) is 29.4 Å². The average molecular weight is 286 g/mol. The van der Waals surface area contributed by atoms with Crippen LogP contribution in [0.15, 0.2) is 28.7 Å². The SMILES string of the molecule is CCCC(CC(C)O)Nc1ccc(Br)cc1. The summed E-state index contributed by atoms with van der Waals surface area (Å²) in [7, 11) is 0. The molecule has 16 heavy (non-hydrogen) atoms. The minimum atomic E-state index is -0.250. The molecule has 90 valence electrons. The minimum absolute atomic E-state index is 0.250. The summed E-state index contributed by atoms with van der Waals surface area (Å²) in [5.74, 6) is 0. The number of anilines is 1. The van der Waals surface area contributed by atoms with E-state index in [9.17, 15) is 5.11 Å². The van der Waals surface area contributed by atoms with Crippen molar-refractivity contribution < 1.29 is 5.11 Å². The van der Waals surface area contributed by atoms with Crippen molar-refractivity contribution in [3.05, 3.63) is 28.7 Å². The molecule has 0 amide bonds. The Balaban J connectivity index is 2.56. The highest BCUT2D eigenvalue weighted by Gasteiger charge is 2.10. The van der Waals surface area contributed by atoms with Crippen molar-refractivity contribution in [2.45, 2.75) is 45.3 Å². The second-order valence-electron chi connectivity index (χ2n) is 4.22. The fourth-order valence-corrected chi connectivity index (χ4v) is 2.06. The lowest BCUT2D eigenvalue weighted by molar-refractivity contribution is 0.176. The Labute approximate surface area is 106 Å². The summed E-state index contributed by atoms with van der Waals surface area (Å²) in [4.78, 5) is 0. The van der Waals surface area contributed by atoms with Crippen LogP contribution in [0.4, 0.5) is 5.69 Å². The molecule has 0 spiro atoms. The number of aliphatic hydroxyl groups is 1. The predicted molar refractivity (Wildman–Crippen MR) is 72.8 cm³/mol. The fraction of sp³-hybridized carbons (Fsp3) is 0.538. The molecule has 0 radical (unpaired) electrons. The zero-order valence-corrected chi connectivity index (χ0v) is 11.5. The second-order valence-corrected chi connectivity index (χ2v) is 5.14. The van der Waals surface area contributed by atoms with E-state index in [4.69, 9.17) is 0 Å². The fourth-order valence-electron chi connectivity index (χ4n) is 1.79. The third kappa shape index (κ3) is 4.99. The van der Waals surface area contributed by atoms with Gasteiger partial charge in [-0.25, -0.2) is 0 Å². The summed E-state index contributed by atoms with van der Waals surface area (Å²) >= 11 is 3.41. The molecular formula is C13H20BrNO. The molecule has 0 aliphatic carbocycles. The smallest absolute Gasteiger partial charge is 0.0531 e. The Morgan fingerprint density at radius 2 is 1.94 bits per heavy atom. The first kappa shape index (κ1) is 13.5. The Kier molecular flexibility index (Phi) is 5.85. The minimum Gasteiger partial charge on any atom is -0.393 e. The van der Waals surface area contributed by atoms with E-state index in [1.165, 1.54) is 0 Å². The van der Waals surface area contributed by atoms with Crippen LogP contribution in [0.25, 0.3) is 0 Å². The Bertz CT molecular complexity index is 297. The quantitative estimate of drug-likeness (QED) is 0.833. The number of aliphatic hydroxyl groups excluding tert-OH is 1. The van der Waals surface area contributed by atoms with Gasteiger partial charge < -0.3 is 10.4 Å². The van der Waals surface area contributed by atoms with E-state index in [2.05, 4.69) is 40.3 Å². The lowest BCUT2D eigenvalue weighted by atomic mass is 10.0. The van der Waals surface area contributed by atoms with Crippen molar-refractivity contribution in [1.29, 1.82) is 0 Å². The summed E-state index contributed by atoms with van der Waals surface area (Å²) < 4.78 is 1.08. The van der Waals surface area contributed by atoms with Crippen molar-refractivity contribution in [3.8, 4) is 0 Å². The molecule has 0 fully saturated rings. The maximum atomic E-state index is 9.42. The van der Waals surface area contributed by atoms with Crippen LogP contribution in [0.5, 0.6) is 0 Å². The lowest BCUT2D eigenvalue weighted by Crippen LogP contribution is -2.23. The molecule has 0 saturated carbocycles. The van der Waals surface area contributed by atoms with Crippen LogP contribution in [0.2, 0.25) is 0 Å². The van der Waals surface area contributed by atoms with E-state index in [0.29, 0.717) is 6.04 Å². The first-order valence-electron chi connectivity index (χ1n) is 5.82. The van der Waals surface area contributed by atoms with Crippen molar-refractivity contribution in [2.24, 2.45) is 0 Å². The monoisotopic (exact) mass is 285 g/mol. The number of benzene rings is 1. The van der Waals surface area contributed by atoms with Gasteiger partial charge in [0.05, 0.1) is 6.10 Å². The van der Waals surface area contributed by atoms with Gasteiger partial charge in [-0.05, 0) is 44.0 Å². The van der Waals surface area contributed by atoms with Crippen LogP contribution in [-0.4, -0.2) is 17.3 Å². The van der Waals surface area contributed by atoms with Gasteiger partial charge in [-0.15, -0.1) is 0 Å². The molecule has 1 rings (SSSR count). The molecule has 0 aromatic heterocycles. The van der Waals surface area contributed by atoms with Crippen molar-refractivity contribution >= 4 is 21.6 Å². The van der Waals surface area contributed by atoms with E-state index in [-0.39, 0.29) is 6.10 Å². The van der Waals surface area contributed by atoms with Gasteiger partial charge in [0.1, 0.15) is 0 Å². The molecule has 0 saturated heterocycles. The predicted octanol–water partition coefficient (Wildman–Crippen LogP) is 3.80. The molecule has 0 heterocycles. The number of hydrogen-bond acceptors (Lipinski definition) is 2. The Morgan fingerprint density at radius 1 is 1.31 bits per heavy atom. The van der Waals surface area contributed by atoms with Crippen molar-refractivity contribution in [1.82, 2.24) is 0 Å². The molecule has 1 aromatic rings. The van der Waals surface area contributed by atoms with Crippen LogP contribution in [0.3, 0.4) is 0 Å². The number of hydrogen-bond donors (Lipinski definition) is 2. The van der Waals surface area contributed by atoms with Gasteiger partial charge in [0.2, 0.25) is 0 Å². The van der Waals surface area contributed by atoms with Crippen LogP contribution >= 0.6 is 15.9 Å². The van der Waals surface area contributed by atoms with Gasteiger partial charge in [-0.2, -0.15) is 0 Å². The summed E-state index contributed by atoms with van der Waals surface area (Å²) in [5, 5.41) is 12.9.